The maximum Gasteiger partial charge on any atom is 0.223 e. The molecule has 8 heteroatoms. The van der Waals surface area contributed by atoms with Crippen molar-refractivity contribution in [3.05, 3.63) is 54.5 Å². The van der Waals surface area contributed by atoms with E-state index in [4.69, 9.17) is 0 Å². The van der Waals surface area contributed by atoms with Gasteiger partial charge < -0.3 is 10.2 Å². The highest BCUT2D eigenvalue weighted by atomic mass is 32.2. The van der Waals surface area contributed by atoms with Crippen LogP contribution < -0.4 is 10.2 Å². The molecule has 3 rings (SSSR count). The van der Waals surface area contributed by atoms with Gasteiger partial charge in [0.25, 0.3) is 0 Å². The summed E-state index contributed by atoms with van der Waals surface area (Å²) in [5.41, 5.74) is 0.793. The highest BCUT2D eigenvalue weighted by molar-refractivity contribution is 7.90. The maximum absolute atomic E-state index is 12.3. The molecule has 1 aromatic heterocycles. The molecule has 28 heavy (non-hydrogen) atoms. The molecule has 0 saturated carbocycles. The Hall–Kier alpha value is -2.48. The predicted molar refractivity (Wildman–Crippen MR) is 109 cm³/mol. The van der Waals surface area contributed by atoms with Crippen LogP contribution in [0.5, 0.6) is 0 Å². The SMILES string of the molecule is O=C(NCCCS(=O)(=O)Cc1ccccc1)C1CCN(c2cnccn2)CC1. The zero-order chi connectivity index (χ0) is 19.8. The van der Waals surface area contributed by atoms with E-state index in [2.05, 4.69) is 20.2 Å². The summed E-state index contributed by atoms with van der Waals surface area (Å²) in [5, 5.41) is 2.89. The third kappa shape index (κ3) is 6.02. The number of benzene rings is 1. The molecule has 0 bridgehead atoms. The highest BCUT2D eigenvalue weighted by Gasteiger charge is 2.25. The van der Waals surface area contributed by atoms with E-state index >= 15 is 0 Å². The van der Waals surface area contributed by atoms with Crippen LogP contribution in [0, 0.1) is 5.92 Å². The number of aromatic nitrogens is 2. The first kappa shape index (κ1) is 20.3. The Balaban J connectivity index is 1.36. The van der Waals surface area contributed by atoms with Crippen molar-refractivity contribution in [1.29, 1.82) is 0 Å². The molecule has 2 aromatic rings. The Morgan fingerprint density at radius 1 is 1.14 bits per heavy atom. The summed E-state index contributed by atoms with van der Waals surface area (Å²) in [7, 11) is -3.17. The number of anilines is 1. The standard InChI is InChI=1S/C20H26N4O3S/c25-20(18-7-12-24(13-8-18)19-15-21-10-11-22-19)23-9-4-14-28(26,27)16-17-5-2-1-3-6-17/h1-3,5-6,10-11,15,18H,4,7-9,12-14,16H2,(H,23,25). The van der Waals surface area contributed by atoms with Crippen molar-refractivity contribution in [2.75, 3.05) is 30.3 Å². The summed E-state index contributed by atoms with van der Waals surface area (Å²) in [5.74, 6) is 0.939. The van der Waals surface area contributed by atoms with E-state index in [9.17, 15) is 13.2 Å². The molecule has 0 spiro atoms. The first-order chi connectivity index (χ1) is 13.5. The van der Waals surface area contributed by atoms with Crippen molar-refractivity contribution in [3.8, 4) is 0 Å². The van der Waals surface area contributed by atoms with Crippen molar-refractivity contribution in [3.63, 3.8) is 0 Å². The lowest BCUT2D eigenvalue weighted by Gasteiger charge is -2.31. The summed E-state index contributed by atoms with van der Waals surface area (Å²) in [4.78, 5) is 22.9. The van der Waals surface area contributed by atoms with Gasteiger partial charge in [-0.2, -0.15) is 0 Å². The molecule has 150 valence electrons. The molecule has 1 N–H and O–H groups in total. The van der Waals surface area contributed by atoms with E-state index < -0.39 is 9.84 Å². The number of piperidine rings is 1. The molecular weight excluding hydrogens is 376 g/mol. The van der Waals surface area contributed by atoms with Crippen molar-refractivity contribution in [2.45, 2.75) is 25.0 Å². The van der Waals surface area contributed by atoms with Crippen LogP contribution in [0.2, 0.25) is 0 Å². The van der Waals surface area contributed by atoms with E-state index in [0.717, 1.165) is 37.3 Å². The van der Waals surface area contributed by atoms with Gasteiger partial charge in [-0.05, 0) is 24.8 Å². The molecule has 0 aliphatic carbocycles. The van der Waals surface area contributed by atoms with Gasteiger partial charge in [-0.1, -0.05) is 30.3 Å². The first-order valence-electron chi connectivity index (χ1n) is 9.56. The molecule has 1 saturated heterocycles. The first-order valence-corrected chi connectivity index (χ1v) is 11.4. The van der Waals surface area contributed by atoms with Crippen molar-refractivity contribution >= 4 is 21.6 Å². The number of amides is 1. The Morgan fingerprint density at radius 3 is 2.57 bits per heavy atom. The summed E-state index contributed by atoms with van der Waals surface area (Å²) in [6.45, 7) is 1.92. The van der Waals surface area contributed by atoms with Crippen LogP contribution in [-0.4, -0.2) is 49.7 Å². The van der Waals surface area contributed by atoms with Crippen molar-refractivity contribution in [1.82, 2.24) is 15.3 Å². The lowest BCUT2D eigenvalue weighted by molar-refractivity contribution is -0.125. The average molecular weight is 403 g/mol. The highest BCUT2D eigenvalue weighted by Crippen LogP contribution is 2.21. The van der Waals surface area contributed by atoms with Gasteiger partial charge in [-0.15, -0.1) is 0 Å². The predicted octanol–water partition coefficient (Wildman–Crippen LogP) is 1.81. The Kier molecular flexibility index (Phi) is 6.97. The summed E-state index contributed by atoms with van der Waals surface area (Å²) in [6, 6.07) is 9.16. The number of nitrogens with one attached hydrogen (secondary N) is 1. The van der Waals surface area contributed by atoms with Gasteiger partial charge in [-0.3, -0.25) is 9.78 Å². The van der Waals surface area contributed by atoms with Crippen LogP contribution >= 0.6 is 0 Å². The smallest absolute Gasteiger partial charge is 0.223 e. The van der Waals surface area contributed by atoms with Gasteiger partial charge in [0.05, 0.1) is 17.7 Å². The molecule has 1 aliphatic rings. The molecule has 1 amide bonds. The van der Waals surface area contributed by atoms with Crippen molar-refractivity contribution in [2.24, 2.45) is 5.92 Å². The molecular formula is C20H26N4O3S. The number of hydrogen-bond donors (Lipinski definition) is 1. The largest absolute Gasteiger partial charge is 0.356 e. The lowest BCUT2D eigenvalue weighted by atomic mass is 9.96. The average Bonchev–Trinajstić information content (AvgIpc) is 2.72. The van der Waals surface area contributed by atoms with Crippen LogP contribution in [0.1, 0.15) is 24.8 Å². The Bertz CT molecular complexity index is 852. The van der Waals surface area contributed by atoms with E-state index in [0.29, 0.717) is 13.0 Å². The van der Waals surface area contributed by atoms with Gasteiger partial charge in [-0.25, -0.2) is 13.4 Å². The van der Waals surface area contributed by atoms with Crippen LogP contribution in [0.3, 0.4) is 0 Å². The third-order valence-corrected chi connectivity index (χ3v) is 6.58. The maximum atomic E-state index is 12.3. The fourth-order valence-electron chi connectivity index (χ4n) is 3.37. The van der Waals surface area contributed by atoms with E-state index in [1.54, 1.807) is 18.6 Å². The minimum Gasteiger partial charge on any atom is -0.356 e. The minimum atomic E-state index is -3.17. The number of hydrogen-bond acceptors (Lipinski definition) is 6. The second-order valence-electron chi connectivity index (χ2n) is 7.05. The van der Waals surface area contributed by atoms with Crippen LogP contribution in [0.4, 0.5) is 5.82 Å². The fraction of sp³-hybridized carbons (Fsp3) is 0.450. The molecule has 2 heterocycles. The topological polar surface area (TPSA) is 92.3 Å². The van der Waals surface area contributed by atoms with Gasteiger partial charge >= 0.3 is 0 Å². The molecule has 0 radical (unpaired) electrons. The van der Waals surface area contributed by atoms with E-state index in [1.807, 2.05) is 30.3 Å². The summed E-state index contributed by atoms with van der Waals surface area (Å²) in [6.07, 6.45) is 6.99. The number of carbonyl (C=O) groups excluding carboxylic acids is 1. The number of rotatable bonds is 8. The number of nitrogens with zero attached hydrogens (tertiary/aromatic N) is 3. The molecule has 0 unspecified atom stereocenters. The Labute approximate surface area is 166 Å². The zero-order valence-electron chi connectivity index (χ0n) is 15.8. The molecule has 1 aromatic carbocycles. The van der Waals surface area contributed by atoms with Gasteiger partial charge in [0.1, 0.15) is 5.82 Å². The summed E-state index contributed by atoms with van der Waals surface area (Å²) < 4.78 is 24.4. The van der Waals surface area contributed by atoms with Crippen LogP contribution in [0.25, 0.3) is 0 Å². The van der Waals surface area contributed by atoms with Gasteiger partial charge in [0.2, 0.25) is 5.91 Å². The van der Waals surface area contributed by atoms with Crippen molar-refractivity contribution < 1.29 is 13.2 Å². The van der Waals surface area contributed by atoms with Crippen LogP contribution in [-0.2, 0) is 20.4 Å². The number of carbonyl (C=O) groups is 1. The van der Waals surface area contributed by atoms with E-state index in [-0.39, 0.29) is 23.3 Å². The second kappa shape index (κ2) is 9.64. The molecule has 0 atom stereocenters. The molecule has 1 fully saturated rings. The fourth-order valence-corrected chi connectivity index (χ4v) is 4.80. The van der Waals surface area contributed by atoms with Crippen LogP contribution in [0.15, 0.2) is 48.9 Å². The molecule has 1 aliphatic heterocycles. The van der Waals surface area contributed by atoms with E-state index in [1.165, 1.54) is 0 Å². The second-order valence-corrected chi connectivity index (χ2v) is 9.23. The van der Waals surface area contributed by atoms with Gasteiger partial charge in [0, 0.05) is 37.9 Å². The van der Waals surface area contributed by atoms with Gasteiger partial charge in [0.15, 0.2) is 9.84 Å². The normalized spacial score (nSPS) is 15.4. The monoisotopic (exact) mass is 402 g/mol. The summed E-state index contributed by atoms with van der Waals surface area (Å²) >= 11 is 0. The quantitative estimate of drug-likeness (QED) is 0.677. The zero-order valence-corrected chi connectivity index (χ0v) is 16.6. The lowest BCUT2D eigenvalue weighted by Crippen LogP contribution is -2.41. The minimum absolute atomic E-state index is 0.0132. The molecule has 7 nitrogen and oxygen atoms in total. The number of sulfone groups is 1. The third-order valence-electron chi connectivity index (χ3n) is 4.90. The Morgan fingerprint density at radius 2 is 1.89 bits per heavy atom.